The molecule has 0 bridgehead atoms. The van der Waals surface area contributed by atoms with Gasteiger partial charge in [0.1, 0.15) is 28.9 Å². The number of aromatic hydroxyl groups is 3. The van der Waals surface area contributed by atoms with E-state index in [1.807, 2.05) is 0 Å². The molecule has 0 aliphatic heterocycles. The Hall–Kier alpha value is -4.20. The molecule has 0 saturated heterocycles. The second kappa shape index (κ2) is 21.5. The highest BCUT2D eigenvalue weighted by Gasteiger charge is 2.24. The van der Waals surface area contributed by atoms with Crippen molar-refractivity contribution in [2.24, 2.45) is 0 Å². The molecule has 0 aromatic heterocycles. The number of ketones is 1. The molecule has 2 aromatic rings. The number of hydrogen-bond acceptors (Lipinski definition) is 8. The van der Waals surface area contributed by atoms with Crippen molar-refractivity contribution in [2.75, 3.05) is 6.61 Å². The average Bonchev–Trinajstić information content (AvgIpc) is 3.00. The van der Waals surface area contributed by atoms with Gasteiger partial charge in [-0.25, -0.2) is 0 Å². The summed E-state index contributed by atoms with van der Waals surface area (Å²) in [6.45, 7) is 6.90. The normalized spacial score (nSPS) is 12.4. The number of phenolic OH excluding ortho intramolecular Hbond substituents is 3. The van der Waals surface area contributed by atoms with Crippen LogP contribution in [0, 0.1) is 0 Å². The lowest BCUT2D eigenvalue weighted by atomic mass is 10.1. The summed E-state index contributed by atoms with van der Waals surface area (Å²) in [5.74, 6) is -1.59. The third kappa shape index (κ3) is 14.7. The molecular weight excluding hydrogens is 584 g/mol. The van der Waals surface area contributed by atoms with Crippen LogP contribution in [0.25, 0.3) is 0 Å². The molecular formula is C38H52O8. The standard InChI is InChI=1S/C38H52O8/c1-5-6-7-8-9-10-11-12-13-14-15-16-17-18-19-20-21-37(43)44-27-34(42)38-35(45-28(2)3)25-31(39)26-36(38)46-29(4)30-22-23-32(40)33(41)24-30/h6-7,9-10,12-13,22-26,28-29,39-41H,5,8,11,14-21,27H2,1-4H3/b7-6-,10-9-,13-12-. The van der Waals surface area contributed by atoms with E-state index in [4.69, 9.17) is 14.2 Å². The van der Waals surface area contributed by atoms with Gasteiger partial charge in [-0.3, -0.25) is 9.59 Å². The molecule has 1 atom stereocenters. The molecule has 252 valence electrons. The Morgan fingerprint density at radius 2 is 1.35 bits per heavy atom. The van der Waals surface area contributed by atoms with Crippen LogP contribution in [-0.4, -0.2) is 39.8 Å². The molecule has 46 heavy (non-hydrogen) atoms. The van der Waals surface area contributed by atoms with Crippen molar-refractivity contribution in [1.29, 1.82) is 0 Å². The van der Waals surface area contributed by atoms with Crippen LogP contribution in [0.5, 0.6) is 28.7 Å². The molecule has 0 radical (unpaired) electrons. The van der Waals surface area contributed by atoms with E-state index in [9.17, 15) is 24.9 Å². The quantitative estimate of drug-likeness (QED) is 0.0384. The number of unbranched alkanes of at least 4 members (excludes halogenated alkanes) is 6. The highest BCUT2D eigenvalue weighted by molar-refractivity contribution is 6.03. The van der Waals surface area contributed by atoms with Gasteiger partial charge in [0.2, 0.25) is 5.78 Å². The maximum Gasteiger partial charge on any atom is 0.306 e. The summed E-state index contributed by atoms with van der Waals surface area (Å²) in [4.78, 5) is 25.7. The molecule has 0 aliphatic carbocycles. The Bertz CT molecular complexity index is 1310. The number of ether oxygens (including phenoxy) is 3. The number of hydrogen-bond donors (Lipinski definition) is 3. The van der Waals surface area contributed by atoms with Crippen LogP contribution >= 0.6 is 0 Å². The monoisotopic (exact) mass is 636 g/mol. The molecule has 0 fully saturated rings. The summed E-state index contributed by atoms with van der Waals surface area (Å²) < 4.78 is 17.1. The first-order chi connectivity index (χ1) is 22.1. The maximum absolute atomic E-state index is 13.3. The van der Waals surface area contributed by atoms with Crippen LogP contribution in [-0.2, 0) is 9.53 Å². The molecule has 2 rings (SSSR count). The summed E-state index contributed by atoms with van der Waals surface area (Å²) >= 11 is 0. The fourth-order valence-electron chi connectivity index (χ4n) is 4.70. The number of phenols is 3. The topological polar surface area (TPSA) is 123 Å². The number of carbonyl (C=O) groups excluding carboxylic acids is 2. The first-order valence-electron chi connectivity index (χ1n) is 16.5. The molecule has 0 heterocycles. The fourth-order valence-corrected chi connectivity index (χ4v) is 4.70. The predicted octanol–water partition coefficient (Wildman–Crippen LogP) is 9.44. The Morgan fingerprint density at radius 1 is 0.739 bits per heavy atom. The van der Waals surface area contributed by atoms with Crippen molar-refractivity contribution in [3.8, 4) is 28.7 Å². The van der Waals surface area contributed by atoms with Crippen molar-refractivity contribution in [3.63, 3.8) is 0 Å². The minimum atomic E-state index is -0.670. The summed E-state index contributed by atoms with van der Waals surface area (Å²) in [5.41, 5.74) is 0.571. The van der Waals surface area contributed by atoms with E-state index < -0.39 is 24.5 Å². The highest BCUT2D eigenvalue weighted by atomic mass is 16.5. The van der Waals surface area contributed by atoms with Crippen molar-refractivity contribution in [2.45, 2.75) is 111 Å². The lowest BCUT2D eigenvalue weighted by Crippen LogP contribution is -2.18. The fraction of sp³-hybridized carbons (Fsp3) is 0.474. The zero-order chi connectivity index (χ0) is 33.7. The summed E-state index contributed by atoms with van der Waals surface area (Å²) in [7, 11) is 0. The van der Waals surface area contributed by atoms with Gasteiger partial charge in [-0.1, -0.05) is 75.1 Å². The number of allylic oxidation sites excluding steroid dienone is 6. The van der Waals surface area contributed by atoms with Crippen molar-refractivity contribution in [3.05, 3.63) is 77.9 Å². The Kier molecular flexibility index (Phi) is 17.8. The summed E-state index contributed by atoms with van der Waals surface area (Å²) in [6, 6.07) is 6.87. The number of Topliss-reactive ketones (excluding diaryl/α,β-unsaturated/α-hetero) is 1. The average molecular weight is 637 g/mol. The first-order valence-corrected chi connectivity index (χ1v) is 16.5. The van der Waals surface area contributed by atoms with Crippen LogP contribution in [0.15, 0.2) is 66.8 Å². The zero-order valence-electron chi connectivity index (χ0n) is 27.9. The van der Waals surface area contributed by atoms with Gasteiger partial charge in [0, 0.05) is 18.6 Å². The Balaban J connectivity index is 1.79. The smallest absolute Gasteiger partial charge is 0.306 e. The van der Waals surface area contributed by atoms with Gasteiger partial charge in [-0.15, -0.1) is 0 Å². The van der Waals surface area contributed by atoms with Gasteiger partial charge in [0.15, 0.2) is 18.1 Å². The van der Waals surface area contributed by atoms with Crippen LogP contribution < -0.4 is 9.47 Å². The molecule has 2 aromatic carbocycles. The first kappa shape index (κ1) is 38.0. The molecule has 0 spiro atoms. The zero-order valence-corrected chi connectivity index (χ0v) is 27.9. The third-order valence-corrected chi connectivity index (χ3v) is 7.11. The van der Waals surface area contributed by atoms with Gasteiger partial charge in [0.05, 0.1) is 6.10 Å². The van der Waals surface area contributed by atoms with E-state index in [1.165, 1.54) is 24.3 Å². The maximum atomic E-state index is 13.3. The van der Waals surface area contributed by atoms with E-state index in [0.29, 0.717) is 12.0 Å². The van der Waals surface area contributed by atoms with Crippen LogP contribution in [0.2, 0.25) is 0 Å². The minimum Gasteiger partial charge on any atom is -0.508 e. The molecule has 0 saturated carbocycles. The van der Waals surface area contributed by atoms with Crippen molar-refractivity contribution in [1.82, 2.24) is 0 Å². The van der Waals surface area contributed by atoms with E-state index in [1.54, 1.807) is 26.8 Å². The molecule has 8 nitrogen and oxygen atoms in total. The molecule has 8 heteroatoms. The summed E-state index contributed by atoms with van der Waals surface area (Å²) in [5, 5.41) is 29.8. The van der Waals surface area contributed by atoms with E-state index >= 15 is 0 Å². The molecule has 1 unspecified atom stereocenters. The predicted molar refractivity (Wildman–Crippen MR) is 182 cm³/mol. The van der Waals surface area contributed by atoms with Crippen LogP contribution in [0.1, 0.15) is 120 Å². The lowest BCUT2D eigenvalue weighted by Gasteiger charge is -2.21. The van der Waals surface area contributed by atoms with Gasteiger partial charge in [0.25, 0.3) is 0 Å². The lowest BCUT2D eigenvalue weighted by molar-refractivity contribution is -0.142. The van der Waals surface area contributed by atoms with E-state index in [2.05, 4.69) is 43.4 Å². The number of carbonyl (C=O) groups is 2. The van der Waals surface area contributed by atoms with Crippen molar-refractivity contribution < 1.29 is 39.1 Å². The molecule has 0 amide bonds. The van der Waals surface area contributed by atoms with Crippen LogP contribution in [0.4, 0.5) is 0 Å². The van der Waals surface area contributed by atoms with E-state index in [0.717, 1.165) is 57.8 Å². The minimum absolute atomic E-state index is 0.0413. The molecule has 3 N–H and O–H groups in total. The Morgan fingerprint density at radius 3 is 2.00 bits per heavy atom. The van der Waals surface area contributed by atoms with Gasteiger partial charge >= 0.3 is 5.97 Å². The van der Waals surface area contributed by atoms with Crippen molar-refractivity contribution >= 4 is 11.8 Å². The third-order valence-electron chi connectivity index (χ3n) is 7.11. The summed E-state index contributed by atoms with van der Waals surface area (Å²) in [6.07, 6.45) is 22.7. The van der Waals surface area contributed by atoms with E-state index in [-0.39, 0.29) is 46.8 Å². The van der Waals surface area contributed by atoms with Crippen LogP contribution in [0.3, 0.4) is 0 Å². The Labute approximate surface area is 274 Å². The number of esters is 1. The van der Waals surface area contributed by atoms with Gasteiger partial charge in [-0.2, -0.15) is 0 Å². The second-order valence-electron chi connectivity index (χ2n) is 11.5. The van der Waals surface area contributed by atoms with Gasteiger partial charge in [-0.05, 0) is 77.0 Å². The number of rotatable bonds is 22. The second-order valence-corrected chi connectivity index (χ2v) is 11.5. The molecule has 0 aliphatic rings. The number of benzene rings is 2. The van der Waals surface area contributed by atoms with Gasteiger partial charge < -0.3 is 29.5 Å². The largest absolute Gasteiger partial charge is 0.508 e. The highest BCUT2D eigenvalue weighted by Crippen LogP contribution is 2.38. The SMILES string of the molecule is CC/C=C\C/C=C\C/C=C\CCCCCCCCC(=O)OCC(=O)c1c(OC(C)C)cc(O)cc1OC(C)c1ccc(O)c(O)c1.